The summed E-state index contributed by atoms with van der Waals surface area (Å²) < 4.78 is 0. The summed E-state index contributed by atoms with van der Waals surface area (Å²) in [6.07, 6.45) is 0. The third kappa shape index (κ3) is 4.14. The minimum atomic E-state index is 0.485. The summed E-state index contributed by atoms with van der Waals surface area (Å²) in [6, 6.07) is 9.33. The molecule has 0 amide bonds. The Hall–Kier alpha value is -0.680. The molecule has 2 aromatic heterocycles. The Bertz CT molecular complexity index is 476. The van der Waals surface area contributed by atoms with Crippen molar-refractivity contribution in [1.82, 2.24) is 10.2 Å². The van der Waals surface area contributed by atoms with Crippen molar-refractivity contribution in [3.63, 3.8) is 0 Å². The van der Waals surface area contributed by atoms with Gasteiger partial charge in [0, 0.05) is 33.8 Å². The third-order valence-corrected chi connectivity index (χ3v) is 5.40. The van der Waals surface area contributed by atoms with E-state index in [4.69, 9.17) is 0 Å². The van der Waals surface area contributed by atoms with E-state index in [0.29, 0.717) is 6.04 Å². The van der Waals surface area contributed by atoms with Gasteiger partial charge < -0.3 is 5.32 Å². The number of thiophene rings is 2. The Morgan fingerprint density at radius 2 is 2.05 bits per heavy atom. The molecule has 0 saturated heterocycles. The lowest BCUT2D eigenvalue weighted by Gasteiger charge is -2.23. The van der Waals surface area contributed by atoms with Gasteiger partial charge in [0.05, 0.1) is 0 Å². The molecule has 19 heavy (non-hydrogen) atoms. The average Bonchev–Trinajstić information content (AvgIpc) is 3.06. The maximum Gasteiger partial charge on any atom is 0.0414 e. The molecule has 0 aliphatic heterocycles. The van der Waals surface area contributed by atoms with Crippen molar-refractivity contribution >= 4 is 22.7 Å². The molecule has 2 heterocycles. The van der Waals surface area contributed by atoms with Crippen LogP contribution in [0.4, 0.5) is 0 Å². The predicted molar refractivity (Wildman–Crippen MR) is 85.9 cm³/mol. The van der Waals surface area contributed by atoms with Crippen LogP contribution in [0.5, 0.6) is 0 Å². The van der Waals surface area contributed by atoms with Gasteiger partial charge in [0.2, 0.25) is 0 Å². The van der Waals surface area contributed by atoms with Gasteiger partial charge in [0.15, 0.2) is 0 Å². The number of hydrogen-bond donors (Lipinski definition) is 1. The van der Waals surface area contributed by atoms with Crippen LogP contribution >= 0.6 is 22.7 Å². The molecule has 0 aromatic carbocycles. The van der Waals surface area contributed by atoms with E-state index in [-0.39, 0.29) is 0 Å². The number of nitrogens with one attached hydrogen (secondary N) is 1. The molecule has 1 atom stereocenters. The molecular weight excluding hydrogens is 272 g/mol. The molecule has 2 nitrogen and oxygen atoms in total. The molecule has 0 aliphatic carbocycles. The largest absolute Gasteiger partial charge is 0.312 e. The zero-order valence-corrected chi connectivity index (χ0v) is 13.5. The van der Waals surface area contributed by atoms with Crippen molar-refractivity contribution in [1.29, 1.82) is 0 Å². The Balaban J connectivity index is 1.91. The number of rotatable bonds is 7. The highest BCUT2D eigenvalue weighted by atomic mass is 32.1. The standard InChI is InChI=1S/C15H22N2S2/c1-4-16-10-13-7-8-14(19-13)11-17(3)12(2)15-6-5-9-18-15/h5-9,12,16H,4,10-11H2,1-3H3. The maximum absolute atomic E-state index is 3.37. The fourth-order valence-corrected chi connectivity index (χ4v) is 3.88. The van der Waals surface area contributed by atoms with Gasteiger partial charge in [-0.1, -0.05) is 13.0 Å². The Morgan fingerprint density at radius 3 is 2.74 bits per heavy atom. The second-order valence-corrected chi connectivity index (χ2v) is 6.99. The van der Waals surface area contributed by atoms with Gasteiger partial charge in [0.1, 0.15) is 0 Å². The zero-order valence-electron chi connectivity index (χ0n) is 11.8. The lowest BCUT2D eigenvalue weighted by molar-refractivity contribution is 0.259. The first kappa shape index (κ1) is 14.7. The predicted octanol–water partition coefficient (Wildman–Crippen LogP) is 4.11. The molecule has 0 radical (unpaired) electrons. The first-order chi connectivity index (χ1) is 9.20. The molecule has 0 saturated carbocycles. The van der Waals surface area contributed by atoms with Crippen LogP contribution in [0, 0.1) is 0 Å². The van der Waals surface area contributed by atoms with Crippen molar-refractivity contribution in [2.75, 3.05) is 13.6 Å². The maximum atomic E-state index is 3.37. The van der Waals surface area contributed by atoms with E-state index in [1.165, 1.54) is 14.6 Å². The van der Waals surface area contributed by atoms with Crippen LogP contribution in [0.3, 0.4) is 0 Å². The van der Waals surface area contributed by atoms with Crippen molar-refractivity contribution in [3.05, 3.63) is 44.3 Å². The van der Waals surface area contributed by atoms with Crippen molar-refractivity contribution in [3.8, 4) is 0 Å². The summed E-state index contributed by atoms with van der Waals surface area (Å²) in [5.74, 6) is 0. The average molecular weight is 294 g/mol. The fourth-order valence-electron chi connectivity index (χ4n) is 1.98. The summed E-state index contributed by atoms with van der Waals surface area (Å²) in [4.78, 5) is 6.72. The first-order valence-electron chi connectivity index (χ1n) is 6.72. The Kier molecular flexibility index (Phi) is 5.58. The van der Waals surface area contributed by atoms with Gasteiger partial charge in [-0.3, -0.25) is 4.90 Å². The quantitative estimate of drug-likeness (QED) is 0.826. The zero-order chi connectivity index (χ0) is 13.7. The van der Waals surface area contributed by atoms with Crippen LogP contribution in [0.1, 0.15) is 34.5 Å². The summed E-state index contributed by atoms with van der Waals surface area (Å²) >= 11 is 3.75. The molecule has 0 spiro atoms. The van der Waals surface area contributed by atoms with Gasteiger partial charge in [-0.05, 0) is 44.1 Å². The monoisotopic (exact) mass is 294 g/mol. The minimum absolute atomic E-state index is 0.485. The third-order valence-electron chi connectivity index (χ3n) is 3.29. The first-order valence-corrected chi connectivity index (χ1v) is 8.42. The van der Waals surface area contributed by atoms with E-state index in [1.807, 2.05) is 22.7 Å². The lowest BCUT2D eigenvalue weighted by atomic mass is 10.2. The molecule has 0 bridgehead atoms. The second kappa shape index (κ2) is 7.20. The summed E-state index contributed by atoms with van der Waals surface area (Å²) in [5.41, 5.74) is 0. The van der Waals surface area contributed by atoms with Crippen molar-refractivity contribution in [2.45, 2.75) is 33.0 Å². The van der Waals surface area contributed by atoms with Gasteiger partial charge in [-0.2, -0.15) is 0 Å². The van der Waals surface area contributed by atoms with Crippen LogP contribution in [-0.2, 0) is 13.1 Å². The fraction of sp³-hybridized carbons (Fsp3) is 0.467. The van der Waals surface area contributed by atoms with E-state index in [1.54, 1.807) is 0 Å². The van der Waals surface area contributed by atoms with Gasteiger partial charge in [0.25, 0.3) is 0 Å². The summed E-state index contributed by atoms with van der Waals surface area (Å²) in [7, 11) is 2.20. The molecular formula is C15H22N2S2. The van der Waals surface area contributed by atoms with E-state index in [0.717, 1.165) is 19.6 Å². The van der Waals surface area contributed by atoms with Gasteiger partial charge >= 0.3 is 0 Å². The molecule has 4 heteroatoms. The van der Waals surface area contributed by atoms with Crippen LogP contribution in [-0.4, -0.2) is 18.5 Å². The van der Waals surface area contributed by atoms with Gasteiger partial charge in [-0.15, -0.1) is 22.7 Å². The molecule has 1 unspecified atom stereocenters. The van der Waals surface area contributed by atoms with Crippen LogP contribution in [0.15, 0.2) is 29.6 Å². The Morgan fingerprint density at radius 1 is 1.26 bits per heavy atom. The Labute approximate surface area is 124 Å². The molecule has 104 valence electrons. The van der Waals surface area contributed by atoms with Crippen LogP contribution in [0.25, 0.3) is 0 Å². The van der Waals surface area contributed by atoms with Gasteiger partial charge in [-0.25, -0.2) is 0 Å². The van der Waals surface area contributed by atoms with Crippen molar-refractivity contribution < 1.29 is 0 Å². The van der Waals surface area contributed by atoms with E-state index in [2.05, 4.69) is 60.8 Å². The molecule has 0 aliphatic rings. The van der Waals surface area contributed by atoms with Crippen LogP contribution in [0.2, 0.25) is 0 Å². The molecule has 0 fully saturated rings. The molecule has 2 rings (SSSR count). The normalized spacial score (nSPS) is 13.1. The SMILES string of the molecule is CCNCc1ccc(CN(C)C(C)c2cccs2)s1. The van der Waals surface area contributed by atoms with E-state index in [9.17, 15) is 0 Å². The van der Waals surface area contributed by atoms with Crippen LogP contribution < -0.4 is 5.32 Å². The van der Waals surface area contributed by atoms with Crippen molar-refractivity contribution in [2.24, 2.45) is 0 Å². The molecule has 2 aromatic rings. The highest BCUT2D eigenvalue weighted by molar-refractivity contribution is 7.12. The minimum Gasteiger partial charge on any atom is -0.312 e. The number of nitrogens with zero attached hydrogens (tertiary/aromatic N) is 1. The highest BCUT2D eigenvalue weighted by Crippen LogP contribution is 2.26. The smallest absolute Gasteiger partial charge is 0.0414 e. The second-order valence-electron chi connectivity index (χ2n) is 4.75. The highest BCUT2D eigenvalue weighted by Gasteiger charge is 2.13. The summed E-state index contributed by atoms with van der Waals surface area (Å²) in [5, 5.41) is 5.53. The molecule has 1 N–H and O–H groups in total. The lowest BCUT2D eigenvalue weighted by Crippen LogP contribution is -2.20. The number of hydrogen-bond acceptors (Lipinski definition) is 4. The topological polar surface area (TPSA) is 15.3 Å². The van der Waals surface area contributed by atoms with E-state index < -0.39 is 0 Å². The van der Waals surface area contributed by atoms with E-state index >= 15 is 0 Å². The summed E-state index contributed by atoms with van der Waals surface area (Å²) in [6.45, 7) is 7.47.